The molecule has 0 atom stereocenters. The molecule has 0 fully saturated rings. The highest BCUT2D eigenvalue weighted by Gasteiger charge is 2.22. The highest BCUT2D eigenvalue weighted by molar-refractivity contribution is 5.85. The van der Waals surface area contributed by atoms with Crippen molar-refractivity contribution in [3.05, 3.63) is 35.4 Å². The second-order valence-corrected chi connectivity index (χ2v) is 5.22. The molecule has 0 aliphatic heterocycles. The smallest absolute Gasteiger partial charge is 0.144 e. The third kappa shape index (κ3) is 4.04. The summed E-state index contributed by atoms with van der Waals surface area (Å²) in [5.74, 6) is 0.278. The molecule has 0 saturated carbocycles. The van der Waals surface area contributed by atoms with Gasteiger partial charge in [0.15, 0.2) is 0 Å². The van der Waals surface area contributed by atoms with Crippen molar-refractivity contribution in [2.24, 2.45) is 16.3 Å². The Balaban J connectivity index is 2.38. The van der Waals surface area contributed by atoms with Gasteiger partial charge in [-0.25, -0.2) is 0 Å². The molecular formula is C14H23N3O. The van der Waals surface area contributed by atoms with E-state index in [1.54, 1.807) is 0 Å². The SMILES string of the molecule is Cc1ccccc1CNCCC(C)(C)C(N)=NO. The van der Waals surface area contributed by atoms with E-state index in [2.05, 4.69) is 29.5 Å². The Bertz CT molecular complexity index is 413. The Hall–Kier alpha value is -1.55. The van der Waals surface area contributed by atoms with Crippen molar-refractivity contribution in [2.45, 2.75) is 33.7 Å². The molecule has 4 nitrogen and oxygen atoms in total. The first-order valence-electron chi connectivity index (χ1n) is 6.20. The average molecular weight is 249 g/mol. The molecule has 0 radical (unpaired) electrons. The number of hydrogen-bond donors (Lipinski definition) is 3. The van der Waals surface area contributed by atoms with E-state index in [9.17, 15) is 0 Å². The van der Waals surface area contributed by atoms with Gasteiger partial charge in [0.05, 0.1) is 0 Å². The van der Waals surface area contributed by atoms with Gasteiger partial charge in [-0.3, -0.25) is 0 Å². The second kappa shape index (κ2) is 6.40. The van der Waals surface area contributed by atoms with Crippen LogP contribution in [-0.4, -0.2) is 17.6 Å². The van der Waals surface area contributed by atoms with E-state index in [1.807, 2.05) is 26.0 Å². The van der Waals surface area contributed by atoms with Gasteiger partial charge in [-0.2, -0.15) is 0 Å². The maximum atomic E-state index is 8.68. The lowest BCUT2D eigenvalue weighted by molar-refractivity contribution is 0.305. The third-order valence-electron chi connectivity index (χ3n) is 3.30. The van der Waals surface area contributed by atoms with Gasteiger partial charge in [0.2, 0.25) is 0 Å². The van der Waals surface area contributed by atoms with Crippen molar-refractivity contribution < 1.29 is 5.21 Å². The van der Waals surface area contributed by atoms with Crippen LogP contribution in [0.4, 0.5) is 0 Å². The predicted octanol–water partition coefficient (Wildman–Crippen LogP) is 2.25. The number of aryl methyl sites for hydroxylation is 1. The maximum Gasteiger partial charge on any atom is 0.144 e. The standard InChI is InChI=1S/C14H23N3O/c1-11-6-4-5-7-12(11)10-16-9-8-14(2,3)13(15)17-18/h4-7,16,18H,8-10H2,1-3H3,(H2,15,17). The largest absolute Gasteiger partial charge is 0.409 e. The fourth-order valence-corrected chi connectivity index (χ4v) is 1.70. The van der Waals surface area contributed by atoms with Crippen LogP contribution in [0, 0.1) is 12.3 Å². The zero-order valence-corrected chi connectivity index (χ0v) is 11.4. The van der Waals surface area contributed by atoms with Crippen LogP contribution in [0.2, 0.25) is 0 Å². The normalized spacial score (nSPS) is 12.7. The Morgan fingerprint density at radius 1 is 1.39 bits per heavy atom. The Labute approximate surface area is 109 Å². The molecule has 0 heterocycles. The molecule has 0 amide bonds. The summed E-state index contributed by atoms with van der Waals surface area (Å²) in [5.41, 5.74) is 7.95. The minimum atomic E-state index is -0.284. The number of hydrogen-bond acceptors (Lipinski definition) is 3. The van der Waals surface area contributed by atoms with E-state index in [4.69, 9.17) is 10.9 Å². The summed E-state index contributed by atoms with van der Waals surface area (Å²) >= 11 is 0. The van der Waals surface area contributed by atoms with Gasteiger partial charge in [0.25, 0.3) is 0 Å². The first-order chi connectivity index (χ1) is 8.47. The van der Waals surface area contributed by atoms with Crippen LogP contribution in [-0.2, 0) is 6.54 Å². The summed E-state index contributed by atoms with van der Waals surface area (Å²) in [6.07, 6.45) is 0.828. The van der Waals surface area contributed by atoms with Crippen molar-refractivity contribution >= 4 is 5.84 Å². The topological polar surface area (TPSA) is 70.6 Å². The summed E-state index contributed by atoms with van der Waals surface area (Å²) in [6, 6.07) is 8.32. The molecule has 1 aromatic rings. The number of benzene rings is 1. The molecule has 100 valence electrons. The van der Waals surface area contributed by atoms with E-state index in [1.165, 1.54) is 11.1 Å². The van der Waals surface area contributed by atoms with Crippen molar-refractivity contribution in [3.8, 4) is 0 Å². The fraction of sp³-hybridized carbons (Fsp3) is 0.500. The van der Waals surface area contributed by atoms with E-state index < -0.39 is 0 Å². The number of nitrogens with zero attached hydrogens (tertiary/aromatic N) is 1. The van der Waals surface area contributed by atoms with E-state index in [0.29, 0.717) is 0 Å². The van der Waals surface area contributed by atoms with Gasteiger partial charge in [-0.1, -0.05) is 43.3 Å². The van der Waals surface area contributed by atoms with Gasteiger partial charge in [-0.15, -0.1) is 0 Å². The first-order valence-corrected chi connectivity index (χ1v) is 6.20. The molecule has 0 saturated heterocycles. The third-order valence-corrected chi connectivity index (χ3v) is 3.30. The van der Waals surface area contributed by atoms with Gasteiger partial charge in [0, 0.05) is 12.0 Å². The first kappa shape index (κ1) is 14.5. The van der Waals surface area contributed by atoms with E-state index in [0.717, 1.165) is 19.5 Å². The molecule has 4 heteroatoms. The summed E-state index contributed by atoms with van der Waals surface area (Å²) in [7, 11) is 0. The van der Waals surface area contributed by atoms with Gasteiger partial charge in [0.1, 0.15) is 5.84 Å². The van der Waals surface area contributed by atoms with Crippen LogP contribution in [0.25, 0.3) is 0 Å². The van der Waals surface area contributed by atoms with Crippen LogP contribution in [0.3, 0.4) is 0 Å². The minimum absolute atomic E-state index is 0.278. The van der Waals surface area contributed by atoms with Gasteiger partial charge >= 0.3 is 0 Å². The fourth-order valence-electron chi connectivity index (χ4n) is 1.70. The van der Waals surface area contributed by atoms with E-state index in [-0.39, 0.29) is 11.3 Å². The minimum Gasteiger partial charge on any atom is -0.409 e. The number of nitrogens with one attached hydrogen (secondary N) is 1. The summed E-state index contributed by atoms with van der Waals surface area (Å²) in [5, 5.41) is 15.1. The Kier molecular flexibility index (Phi) is 5.16. The number of oxime groups is 1. The molecule has 1 rings (SSSR count). The highest BCUT2D eigenvalue weighted by atomic mass is 16.4. The molecule has 0 bridgehead atoms. The second-order valence-electron chi connectivity index (χ2n) is 5.22. The van der Waals surface area contributed by atoms with Crippen molar-refractivity contribution in [1.82, 2.24) is 5.32 Å². The van der Waals surface area contributed by atoms with Crippen LogP contribution < -0.4 is 11.1 Å². The summed E-state index contributed by atoms with van der Waals surface area (Å²) in [6.45, 7) is 7.73. The average Bonchev–Trinajstić information content (AvgIpc) is 2.35. The molecular weight excluding hydrogens is 226 g/mol. The number of nitrogens with two attached hydrogens (primary N) is 1. The predicted molar refractivity (Wildman–Crippen MR) is 74.7 cm³/mol. The molecule has 18 heavy (non-hydrogen) atoms. The van der Waals surface area contributed by atoms with E-state index >= 15 is 0 Å². The Morgan fingerprint density at radius 2 is 2.06 bits per heavy atom. The number of amidine groups is 1. The van der Waals surface area contributed by atoms with Gasteiger partial charge < -0.3 is 16.3 Å². The molecule has 0 aliphatic rings. The number of rotatable bonds is 6. The molecule has 0 aromatic heterocycles. The van der Waals surface area contributed by atoms with Crippen molar-refractivity contribution in [1.29, 1.82) is 0 Å². The molecule has 0 unspecified atom stereocenters. The Morgan fingerprint density at radius 3 is 2.67 bits per heavy atom. The summed E-state index contributed by atoms with van der Waals surface area (Å²) < 4.78 is 0. The maximum absolute atomic E-state index is 8.68. The van der Waals surface area contributed by atoms with Crippen LogP contribution in [0.15, 0.2) is 29.4 Å². The van der Waals surface area contributed by atoms with Crippen LogP contribution in [0.5, 0.6) is 0 Å². The zero-order chi connectivity index (χ0) is 13.6. The molecule has 0 spiro atoms. The van der Waals surface area contributed by atoms with Crippen LogP contribution in [0.1, 0.15) is 31.4 Å². The zero-order valence-electron chi connectivity index (χ0n) is 11.4. The van der Waals surface area contributed by atoms with Crippen molar-refractivity contribution in [3.63, 3.8) is 0 Å². The summed E-state index contributed by atoms with van der Waals surface area (Å²) in [4.78, 5) is 0. The monoisotopic (exact) mass is 249 g/mol. The lowest BCUT2D eigenvalue weighted by atomic mass is 9.88. The lowest BCUT2D eigenvalue weighted by Crippen LogP contribution is -2.34. The lowest BCUT2D eigenvalue weighted by Gasteiger charge is -2.22. The highest BCUT2D eigenvalue weighted by Crippen LogP contribution is 2.19. The quantitative estimate of drug-likeness (QED) is 0.238. The van der Waals surface area contributed by atoms with Crippen LogP contribution >= 0.6 is 0 Å². The molecule has 0 aliphatic carbocycles. The molecule has 1 aromatic carbocycles. The molecule has 4 N–H and O–H groups in total. The van der Waals surface area contributed by atoms with Gasteiger partial charge in [-0.05, 0) is 31.0 Å². The van der Waals surface area contributed by atoms with Crippen molar-refractivity contribution in [2.75, 3.05) is 6.54 Å².